The van der Waals surface area contributed by atoms with Crippen molar-refractivity contribution >= 4 is 16.8 Å². The second-order valence-electron chi connectivity index (χ2n) is 8.21. The van der Waals surface area contributed by atoms with Gasteiger partial charge in [-0.05, 0) is 23.8 Å². The minimum absolute atomic E-state index is 0.137. The second-order valence-corrected chi connectivity index (χ2v) is 9.79. The molecule has 0 radical (unpaired) electrons. The fourth-order valence-electron chi connectivity index (χ4n) is 3.57. The Morgan fingerprint density at radius 2 is 2.00 bits per heavy atom. The molecule has 27 heavy (non-hydrogen) atoms. The molecule has 1 saturated heterocycles. The highest BCUT2D eigenvalue weighted by Crippen LogP contribution is 2.33. The molecule has 0 aromatic heterocycles. The molecule has 1 aromatic rings. The Morgan fingerprint density at radius 1 is 1.26 bits per heavy atom. The lowest BCUT2D eigenvalue weighted by Gasteiger charge is -2.40. The molecule has 2 N–H and O–H groups in total. The maximum absolute atomic E-state index is 12.2. The summed E-state index contributed by atoms with van der Waals surface area (Å²) in [5.74, 6) is 2.45. The van der Waals surface area contributed by atoms with Gasteiger partial charge in [-0.25, -0.2) is 0 Å². The lowest BCUT2D eigenvalue weighted by Crippen LogP contribution is -2.48. The average Bonchev–Trinajstić information content (AvgIpc) is 2.64. The Bertz CT molecular complexity index is 614. The average molecular weight is 394 g/mol. The number of rotatable bonds is 7. The third-order valence-electron chi connectivity index (χ3n) is 4.85. The van der Waals surface area contributed by atoms with Crippen LogP contribution >= 0.6 is 0 Å². The lowest BCUT2D eigenvalue weighted by atomic mass is 9.78. The molecule has 5 nitrogen and oxygen atoms in total. The first-order valence-electron chi connectivity index (χ1n) is 9.85. The van der Waals surface area contributed by atoms with Crippen molar-refractivity contribution in [1.82, 2.24) is 10.6 Å². The third-order valence-corrected chi connectivity index (χ3v) is 6.16. The zero-order valence-electron chi connectivity index (χ0n) is 17.2. The Balaban J connectivity index is 1.73. The zero-order valence-corrected chi connectivity index (χ0v) is 18.0. The van der Waals surface area contributed by atoms with Crippen LogP contribution in [0.4, 0.5) is 0 Å². The molecular formula is C21H35N3O2S. The summed E-state index contributed by atoms with van der Waals surface area (Å²) >= 11 is 0. The van der Waals surface area contributed by atoms with E-state index in [0.29, 0.717) is 24.0 Å². The van der Waals surface area contributed by atoms with Crippen molar-refractivity contribution in [2.45, 2.75) is 45.5 Å². The monoisotopic (exact) mass is 393 g/mol. The topological polar surface area (TPSA) is 62.7 Å². The van der Waals surface area contributed by atoms with Crippen molar-refractivity contribution in [2.24, 2.45) is 16.3 Å². The molecule has 3 unspecified atom stereocenters. The first-order chi connectivity index (χ1) is 12.9. The summed E-state index contributed by atoms with van der Waals surface area (Å²) < 4.78 is 18.3. The molecule has 1 aliphatic rings. The van der Waals surface area contributed by atoms with E-state index >= 15 is 0 Å². The first-order valence-corrected chi connectivity index (χ1v) is 11.3. The van der Waals surface area contributed by atoms with Crippen molar-refractivity contribution in [2.75, 3.05) is 32.5 Å². The van der Waals surface area contributed by atoms with Gasteiger partial charge in [-0.3, -0.25) is 9.20 Å². The van der Waals surface area contributed by atoms with Crippen LogP contribution in [0.25, 0.3) is 0 Å². The lowest BCUT2D eigenvalue weighted by molar-refractivity contribution is -0.0835. The molecule has 1 fully saturated rings. The predicted molar refractivity (Wildman–Crippen MR) is 114 cm³/mol. The van der Waals surface area contributed by atoms with Gasteiger partial charge in [0.05, 0.1) is 6.10 Å². The SMILES string of the molecule is CN=C(NCCS(=O)Cc1ccccc1)NCC1CCCOC1C(C)(C)C. The van der Waals surface area contributed by atoms with Crippen LogP contribution in [0.5, 0.6) is 0 Å². The highest BCUT2D eigenvalue weighted by molar-refractivity contribution is 7.84. The van der Waals surface area contributed by atoms with Crippen LogP contribution in [0.1, 0.15) is 39.2 Å². The molecule has 0 bridgehead atoms. The summed E-state index contributed by atoms with van der Waals surface area (Å²) in [6.07, 6.45) is 2.55. The van der Waals surface area contributed by atoms with Gasteiger partial charge in [-0.1, -0.05) is 51.1 Å². The molecule has 1 aliphatic heterocycles. The first kappa shape index (κ1) is 21.9. The molecule has 0 saturated carbocycles. The minimum atomic E-state index is -0.880. The van der Waals surface area contributed by atoms with Gasteiger partial charge in [0.2, 0.25) is 0 Å². The summed E-state index contributed by atoms with van der Waals surface area (Å²) in [6, 6.07) is 9.98. The van der Waals surface area contributed by atoms with E-state index in [1.807, 2.05) is 30.3 Å². The normalized spacial score (nSPS) is 22.3. The van der Waals surface area contributed by atoms with Crippen LogP contribution in [0, 0.1) is 11.3 Å². The largest absolute Gasteiger partial charge is 0.377 e. The van der Waals surface area contributed by atoms with E-state index in [1.54, 1.807) is 7.05 Å². The van der Waals surface area contributed by atoms with Gasteiger partial charge in [-0.2, -0.15) is 0 Å². The van der Waals surface area contributed by atoms with E-state index in [4.69, 9.17) is 4.74 Å². The third kappa shape index (κ3) is 7.62. The minimum Gasteiger partial charge on any atom is -0.377 e. The number of benzene rings is 1. The van der Waals surface area contributed by atoms with Crippen LogP contribution in [0.3, 0.4) is 0 Å². The van der Waals surface area contributed by atoms with E-state index in [0.717, 1.165) is 31.1 Å². The maximum atomic E-state index is 12.2. The van der Waals surface area contributed by atoms with Crippen LogP contribution in [-0.4, -0.2) is 48.8 Å². The quantitative estimate of drug-likeness (QED) is 0.552. The van der Waals surface area contributed by atoms with Crippen molar-refractivity contribution in [1.29, 1.82) is 0 Å². The van der Waals surface area contributed by atoms with Gasteiger partial charge in [0, 0.05) is 55.0 Å². The van der Waals surface area contributed by atoms with Gasteiger partial charge in [0.25, 0.3) is 0 Å². The number of guanidine groups is 1. The number of nitrogens with one attached hydrogen (secondary N) is 2. The van der Waals surface area contributed by atoms with Crippen molar-refractivity contribution in [3.8, 4) is 0 Å². The van der Waals surface area contributed by atoms with Gasteiger partial charge in [0.1, 0.15) is 0 Å². The van der Waals surface area contributed by atoms with Gasteiger partial charge in [-0.15, -0.1) is 0 Å². The summed E-state index contributed by atoms with van der Waals surface area (Å²) in [5, 5.41) is 6.71. The van der Waals surface area contributed by atoms with E-state index in [2.05, 4.69) is 36.4 Å². The van der Waals surface area contributed by atoms with Crippen LogP contribution in [-0.2, 0) is 21.3 Å². The summed E-state index contributed by atoms with van der Waals surface area (Å²) in [4.78, 5) is 4.30. The van der Waals surface area contributed by atoms with Crippen molar-refractivity contribution < 1.29 is 8.95 Å². The summed E-state index contributed by atoms with van der Waals surface area (Å²) in [6.45, 7) is 9.07. The zero-order chi connectivity index (χ0) is 19.7. The van der Waals surface area contributed by atoms with Gasteiger partial charge < -0.3 is 15.4 Å². The van der Waals surface area contributed by atoms with Crippen LogP contribution in [0.2, 0.25) is 0 Å². The predicted octanol–water partition coefficient (Wildman–Crippen LogP) is 2.94. The molecule has 152 valence electrons. The maximum Gasteiger partial charge on any atom is 0.191 e. The Labute approximate surface area is 166 Å². The molecule has 0 aliphatic carbocycles. The smallest absolute Gasteiger partial charge is 0.191 e. The number of aliphatic imine (C=N–C) groups is 1. The standard InChI is InChI=1S/C21H35N3O2S/c1-21(2,3)19-18(11-8-13-26-19)15-24-20(22-4)23-12-14-27(25)16-17-9-6-5-7-10-17/h5-7,9-10,18-19H,8,11-16H2,1-4H3,(H2,22,23,24). The Morgan fingerprint density at radius 3 is 2.67 bits per heavy atom. The number of nitrogens with zero attached hydrogens (tertiary/aromatic N) is 1. The Hall–Kier alpha value is -1.40. The second kappa shape index (κ2) is 10.8. The molecule has 0 spiro atoms. The van der Waals surface area contributed by atoms with E-state index in [1.165, 1.54) is 6.42 Å². The summed E-state index contributed by atoms with van der Waals surface area (Å²) in [7, 11) is 0.892. The highest BCUT2D eigenvalue weighted by Gasteiger charge is 2.35. The van der Waals surface area contributed by atoms with Crippen molar-refractivity contribution in [3.63, 3.8) is 0 Å². The molecule has 3 atom stereocenters. The van der Waals surface area contributed by atoms with Crippen LogP contribution < -0.4 is 10.6 Å². The number of ether oxygens (including phenoxy) is 1. The van der Waals surface area contributed by atoms with E-state index in [9.17, 15) is 4.21 Å². The molecule has 0 amide bonds. The van der Waals surface area contributed by atoms with Gasteiger partial charge in [0.15, 0.2) is 5.96 Å². The highest BCUT2D eigenvalue weighted by atomic mass is 32.2. The molecule has 2 rings (SSSR count). The van der Waals surface area contributed by atoms with Crippen molar-refractivity contribution in [3.05, 3.63) is 35.9 Å². The van der Waals surface area contributed by atoms with E-state index < -0.39 is 10.8 Å². The van der Waals surface area contributed by atoms with Crippen LogP contribution in [0.15, 0.2) is 35.3 Å². The molecule has 1 heterocycles. The van der Waals surface area contributed by atoms with Gasteiger partial charge >= 0.3 is 0 Å². The fourth-order valence-corrected chi connectivity index (χ4v) is 4.61. The molecule has 1 aromatic carbocycles. The summed E-state index contributed by atoms with van der Waals surface area (Å²) in [5.41, 5.74) is 1.25. The number of hydrogen-bond acceptors (Lipinski definition) is 3. The molecule has 6 heteroatoms. The Kier molecular flexibility index (Phi) is 8.77. The number of hydrogen-bond donors (Lipinski definition) is 2. The fraction of sp³-hybridized carbons (Fsp3) is 0.667. The molecular weight excluding hydrogens is 358 g/mol. The van der Waals surface area contributed by atoms with E-state index in [-0.39, 0.29) is 11.5 Å².